The fourth-order valence-electron chi connectivity index (χ4n) is 5.41. The summed E-state index contributed by atoms with van der Waals surface area (Å²) in [4.78, 5) is 18.0. The highest BCUT2D eigenvalue weighted by atomic mass is 35.5. The molecule has 0 spiro atoms. The third-order valence-electron chi connectivity index (χ3n) is 6.53. The zero-order chi connectivity index (χ0) is 14.7. The van der Waals surface area contributed by atoms with Crippen LogP contribution in [0.5, 0.6) is 0 Å². The highest BCUT2D eigenvalue weighted by molar-refractivity contribution is 5.98. The van der Waals surface area contributed by atoms with Crippen molar-refractivity contribution in [2.45, 2.75) is 44.1 Å². The summed E-state index contributed by atoms with van der Waals surface area (Å²) in [7, 11) is 0. The third kappa shape index (κ3) is 2.56. The molecule has 2 N–H and O–H groups in total. The number of carbonyl (C=O) groups is 1. The van der Waals surface area contributed by atoms with E-state index in [-0.39, 0.29) is 17.9 Å². The van der Waals surface area contributed by atoms with E-state index in [1.807, 2.05) is 0 Å². The van der Waals surface area contributed by atoms with E-state index in [2.05, 4.69) is 28.0 Å². The lowest BCUT2D eigenvalue weighted by atomic mass is 9.75. The Morgan fingerprint density at radius 3 is 2.54 bits per heavy atom. The van der Waals surface area contributed by atoms with Crippen LogP contribution in [0.2, 0.25) is 0 Å². The van der Waals surface area contributed by atoms with Gasteiger partial charge >= 0.3 is 0 Å². The topological polar surface area (TPSA) is 55.1 Å². The molecule has 0 unspecified atom stereocenters. The quantitative estimate of drug-likeness (QED) is 0.780. The van der Waals surface area contributed by atoms with Crippen molar-refractivity contribution in [3.05, 3.63) is 34.9 Å². The standard InChI is InChI=1S/C19H24N2O.ClH.H2O/c22-19-16-6-2-4-14-3-1-5-15(18(14)16)11-21(19)17-12-20-9-7-13(17)8-10-20;;/h2,4,6,13,15,17H,1,3,5,7-12H2;1H;1H2/t15-,17+;;/m0../s1. The maximum atomic E-state index is 13.1. The minimum Gasteiger partial charge on any atom is -0.412 e. The molecular weight excluding hydrogens is 324 g/mol. The molecule has 1 aromatic carbocycles. The number of hydrogen-bond acceptors (Lipinski definition) is 2. The van der Waals surface area contributed by atoms with Crippen LogP contribution in [0.25, 0.3) is 0 Å². The van der Waals surface area contributed by atoms with Crippen LogP contribution >= 0.6 is 12.4 Å². The number of amides is 1. The first-order valence-electron chi connectivity index (χ1n) is 8.96. The Hall–Kier alpha value is -1.10. The van der Waals surface area contributed by atoms with E-state index < -0.39 is 0 Å². The second-order valence-electron chi connectivity index (χ2n) is 7.63. The van der Waals surface area contributed by atoms with Crippen LogP contribution in [-0.4, -0.2) is 53.4 Å². The Balaban J connectivity index is 0.000000845. The number of rotatable bonds is 1. The lowest BCUT2D eigenvalue weighted by molar-refractivity contribution is 0.00258. The molecule has 0 saturated carbocycles. The number of carbonyl (C=O) groups excluding carboxylic acids is 1. The minimum absolute atomic E-state index is 0. The van der Waals surface area contributed by atoms with Gasteiger partial charge in [0.05, 0.1) is 0 Å². The number of halogens is 1. The molecule has 4 aliphatic heterocycles. The van der Waals surface area contributed by atoms with Gasteiger partial charge in [-0.1, -0.05) is 12.1 Å². The van der Waals surface area contributed by atoms with E-state index in [0.717, 1.165) is 31.0 Å². The second kappa shape index (κ2) is 6.66. The molecule has 3 fully saturated rings. The largest absolute Gasteiger partial charge is 0.412 e. The average molecular weight is 351 g/mol. The van der Waals surface area contributed by atoms with E-state index in [1.165, 1.54) is 49.9 Å². The predicted molar refractivity (Wildman–Crippen MR) is 97.0 cm³/mol. The molecule has 2 bridgehead atoms. The van der Waals surface area contributed by atoms with Crippen LogP contribution in [0, 0.1) is 5.92 Å². The van der Waals surface area contributed by atoms with Gasteiger partial charge in [0, 0.05) is 30.6 Å². The molecule has 0 radical (unpaired) electrons. The summed E-state index contributed by atoms with van der Waals surface area (Å²) in [6.07, 6.45) is 6.27. The van der Waals surface area contributed by atoms with Gasteiger partial charge in [0.25, 0.3) is 5.91 Å². The normalized spacial score (nSPS) is 33.3. The molecule has 0 aromatic heterocycles. The fourth-order valence-corrected chi connectivity index (χ4v) is 5.41. The summed E-state index contributed by atoms with van der Waals surface area (Å²) in [6.45, 7) is 4.57. The summed E-state index contributed by atoms with van der Waals surface area (Å²) >= 11 is 0. The number of hydrogen-bond donors (Lipinski definition) is 0. The highest BCUT2D eigenvalue weighted by Crippen LogP contribution is 2.41. The smallest absolute Gasteiger partial charge is 0.254 e. The lowest BCUT2D eigenvalue weighted by Gasteiger charge is -2.51. The van der Waals surface area contributed by atoms with Gasteiger partial charge in [0.1, 0.15) is 0 Å². The van der Waals surface area contributed by atoms with E-state index in [0.29, 0.717) is 17.9 Å². The Bertz CT molecular complexity index is 628. The van der Waals surface area contributed by atoms with Crippen molar-refractivity contribution in [2.75, 3.05) is 26.2 Å². The number of benzene rings is 1. The van der Waals surface area contributed by atoms with Crippen molar-refractivity contribution in [1.29, 1.82) is 0 Å². The monoisotopic (exact) mass is 350 g/mol. The summed E-state index contributed by atoms with van der Waals surface area (Å²) < 4.78 is 0. The molecule has 3 saturated heterocycles. The van der Waals surface area contributed by atoms with Crippen molar-refractivity contribution in [3.63, 3.8) is 0 Å². The van der Waals surface area contributed by atoms with Gasteiger partial charge in [-0.05, 0) is 68.3 Å². The molecule has 1 amide bonds. The van der Waals surface area contributed by atoms with E-state index in [4.69, 9.17) is 0 Å². The first-order valence-corrected chi connectivity index (χ1v) is 8.96. The SMILES string of the molecule is Cl.O.O=C1c2cccc3c2[C@@H](CCC3)CN1[C@@H]1CN2CCC1CC2. The Morgan fingerprint density at radius 2 is 1.83 bits per heavy atom. The molecule has 4 nitrogen and oxygen atoms in total. The van der Waals surface area contributed by atoms with Gasteiger partial charge in [-0.15, -0.1) is 12.4 Å². The maximum absolute atomic E-state index is 13.1. The molecule has 132 valence electrons. The summed E-state index contributed by atoms with van der Waals surface area (Å²) in [5.74, 6) is 1.64. The van der Waals surface area contributed by atoms with Crippen LogP contribution in [0.15, 0.2) is 18.2 Å². The highest BCUT2D eigenvalue weighted by Gasteiger charge is 2.43. The van der Waals surface area contributed by atoms with Crippen LogP contribution in [0.4, 0.5) is 0 Å². The molecule has 4 heterocycles. The maximum Gasteiger partial charge on any atom is 0.254 e. The molecule has 1 aliphatic carbocycles. The molecule has 5 aliphatic rings. The van der Waals surface area contributed by atoms with Gasteiger partial charge in [-0.3, -0.25) is 4.79 Å². The molecule has 5 heteroatoms. The van der Waals surface area contributed by atoms with Gasteiger partial charge < -0.3 is 15.3 Å². The lowest BCUT2D eigenvalue weighted by Crippen LogP contribution is -2.60. The fraction of sp³-hybridized carbons (Fsp3) is 0.632. The molecule has 1 aromatic rings. The number of nitrogens with zero attached hydrogens (tertiary/aromatic N) is 2. The van der Waals surface area contributed by atoms with Crippen LogP contribution in [0.1, 0.15) is 53.1 Å². The van der Waals surface area contributed by atoms with Crippen molar-refractivity contribution < 1.29 is 10.3 Å². The van der Waals surface area contributed by atoms with Crippen LogP contribution < -0.4 is 0 Å². The first kappa shape index (κ1) is 17.7. The van der Waals surface area contributed by atoms with Gasteiger partial charge in [-0.25, -0.2) is 0 Å². The minimum atomic E-state index is 0. The van der Waals surface area contributed by atoms with E-state index >= 15 is 0 Å². The average Bonchev–Trinajstić information content (AvgIpc) is 2.59. The first-order chi connectivity index (χ1) is 10.8. The Kier molecular flexibility index (Phi) is 4.92. The summed E-state index contributed by atoms with van der Waals surface area (Å²) in [5, 5.41) is 0. The van der Waals surface area contributed by atoms with Crippen LogP contribution in [-0.2, 0) is 6.42 Å². The predicted octanol–water partition coefficient (Wildman–Crippen LogP) is 2.25. The second-order valence-corrected chi connectivity index (χ2v) is 7.63. The van der Waals surface area contributed by atoms with Crippen molar-refractivity contribution in [3.8, 4) is 0 Å². The molecular formula is C19H27ClN2O2. The number of fused-ring (bicyclic) bond motifs is 3. The molecule has 2 atom stereocenters. The van der Waals surface area contributed by atoms with Crippen molar-refractivity contribution in [1.82, 2.24) is 9.80 Å². The Morgan fingerprint density at radius 1 is 1.04 bits per heavy atom. The van der Waals surface area contributed by atoms with Gasteiger partial charge in [0.15, 0.2) is 0 Å². The molecule has 6 rings (SSSR count). The van der Waals surface area contributed by atoms with Gasteiger partial charge in [0.2, 0.25) is 0 Å². The zero-order valence-electron chi connectivity index (χ0n) is 14.0. The third-order valence-corrected chi connectivity index (χ3v) is 6.53. The summed E-state index contributed by atoms with van der Waals surface area (Å²) in [5.41, 5.74) is 3.86. The number of piperidine rings is 3. The van der Waals surface area contributed by atoms with Crippen LogP contribution in [0.3, 0.4) is 0 Å². The zero-order valence-corrected chi connectivity index (χ0v) is 14.9. The molecule has 24 heavy (non-hydrogen) atoms. The van der Waals surface area contributed by atoms with Gasteiger partial charge in [-0.2, -0.15) is 0 Å². The summed E-state index contributed by atoms with van der Waals surface area (Å²) in [6, 6.07) is 6.87. The van der Waals surface area contributed by atoms with E-state index in [9.17, 15) is 4.79 Å². The Labute approximate surface area is 149 Å². The van der Waals surface area contributed by atoms with Crippen molar-refractivity contribution >= 4 is 18.3 Å². The van der Waals surface area contributed by atoms with E-state index in [1.54, 1.807) is 0 Å². The number of aryl methyl sites for hydroxylation is 1. The van der Waals surface area contributed by atoms with Crippen molar-refractivity contribution in [2.24, 2.45) is 5.92 Å².